The summed E-state index contributed by atoms with van der Waals surface area (Å²) in [6.45, 7) is 0. The van der Waals surface area contributed by atoms with E-state index in [1.807, 2.05) is 30.5 Å². The molecule has 70 valence electrons. The normalized spacial score (nSPS) is 10.6. The Morgan fingerprint density at radius 2 is 2.00 bits per heavy atom. The lowest BCUT2D eigenvalue weighted by Crippen LogP contribution is -1.71. The highest BCUT2D eigenvalue weighted by molar-refractivity contribution is 7.25. The van der Waals surface area contributed by atoms with Gasteiger partial charge in [-0.25, -0.2) is 0 Å². The molecule has 2 nitrogen and oxygen atoms in total. The van der Waals surface area contributed by atoms with E-state index < -0.39 is 0 Å². The Morgan fingerprint density at radius 3 is 2.87 bits per heavy atom. The number of nitrogens with zero attached hydrogens (tertiary/aromatic N) is 2. The lowest BCUT2D eigenvalue weighted by molar-refractivity contribution is 1.37. The van der Waals surface area contributed by atoms with Crippen LogP contribution in [0.2, 0.25) is 0 Å². The largest absolute Gasteiger partial charge is 0.263 e. The fourth-order valence-electron chi connectivity index (χ4n) is 1.70. The third-order valence-corrected chi connectivity index (χ3v) is 3.51. The van der Waals surface area contributed by atoms with Crippen molar-refractivity contribution in [1.29, 1.82) is 5.26 Å². The maximum Gasteiger partial charge on any atom is 0.0992 e. The molecular weight excluding hydrogens is 204 g/mol. The molecule has 3 rings (SSSR count). The van der Waals surface area contributed by atoms with Gasteiger partial charge in [-0.05, 0) is 18.2 Å². The maximum atomic E-state index is 8.81. The van der Waals surface area contributed by atoms with E-state index in [-0.39, 0.29) is 0 Å². The molecule has 2 heterocycles. The van der Waals surface area contributed by atoms with Crippen LogP contribution in [-0.2, 0) is 0 Å². The Hall–Kier alpha value is -1.92. The van der Waals surface area contributed by atoms with Gasteiger partial charge >= 0.3 is 0 Å². The van der Waals surface area contributed by atoms with E-state index in [0.717, 1.165) is 4.70 Å². The lowest BCUT2D eigenvalue weighted by Gasteiger charge is -1.90. The van der Waals surface area contributed by atoms with Gasteiger partial charge in [0.1, 0.15) is 0 Å². The molecule has 0 bridgehead atoms. The average Bonchev–Trinajstić information content (AvgIpc) is 2.66. The van der Waals surface area contributed by atoms with Gasteiger partial charge in [-0.3, -0.25) is 4.98 Å². The summed E-state index contributed by atoms with van der Waals surface area (Å²) in [4.78, 5) is 4.10. The van der Waals surface area contributed by atoms with Gasteiger partial charge in [0.2, 0.25) is 0 Å². The molecule has 0 atom stereocenters. The van der Waals surface area contributed by atoms with Crippen LogP contribution >= 0.6 is 11.3 Å². The minimum Gasteiger partial charge on any atom is -0.263 e. The number of thiophene rings is 1. The molecule has 3 heteroatoms. The summed E-state index contributed by atoms with van der Waals surface area (Å²) in [5.41, 5.74) is 0.710. The Kier molecular flexibility index (Phi) is 1.70. The molecule has 3 aromatic rings. The number of hydrogen-bond donors (Lipinski definition) is 0. The fourth-order valence-corrected chi connectivity index (χ4v) is 2.81. The minimum absolute atomic E-state index is 0.710. The van der Waals surface area contributed by atoms with Crippen molar-refractivity contribution in [1.82, 2.24) is 4.98 Å². The molecule has 0 N–H and O–H groups in total. The molecule has 0 saturated heterocycles. The summed E-state index contributed by atoms with van der Waals surface area (Å²) in [5.74, 6) is 0. The van der Waals surface area contributed by atoms with Gasteiger partial charge < -0.3 is 0 Å². The number of fused-ring (bicyclic) bond motifs is 3. The van der Waals surface area contributed by atoms with E-state index in [2.05, 4.69) is 11.1 Å². The molecule has 0 aliphatic heterocycles. The highest BCUT2D eigenvalue weighted by Crippen LogP contribution is 2.33. The van der Waals surface area contributed by atoms with E-state index in [9.17, 15) is 0 Å². The number of nitriles is 1. The summed E-state index contributed by atoms with van der Waals surface area (Å²) in [6.07, 6.45) is 3.67. The van der Waals surface area contributed by atoms with E-state index in [1.54, 1.807) is 17.5 Å². The first-order valence-electron chi connectivity index (χ1n) is 4.55. The number of hydrogen-bond acceptors (Lipinski definition) is 3. The molecule has 0 aliphatic rings. The Bertz CT molecular complexity index is 691. The topological polar surface area (TPSA) is 36.7 Å². The first-order valence-corrected chi connectivity index (χ1v) is 5.36. The van der Waals surface area contributed by atoms with Crippen LogP contribution in [0, 0.1) is 11.3 Å². The molecule has 15 heavy (non-hydrogen) atoms. The molecule has 0 radical (unpaired) electrons. The number of benzene rings is 1. The van der Waals surface area contributed by atoms with Crippen LogP contribution in [0.15, 0.2) is 36.7 Å². The zero-order valence-corrected chi connectivity index (χ0v) is 8.58. The third-order valence-electron chi connectivity index (χ3n) is 2.41. The van der Waals surface area contributed by atoms with Crippen LogP contribution in [-0.4, -0.2) is 4.98 Å². The predicted molar refractivity (Wildman–Crippen MR) is 61.8 cm³/mol. The lowest BCUT2D eigenvalue weighted by atomic mass is 10.1. The van der Waals surface area contributed by atoms with Crippen LogP contribution in [0.3, 0.4) is 0 Å². The maximum absolute atomic E-state index is 8.81. The van der Waals surface area contributed by atoms with Crippen molar-refractivity contribution in [2.45, 2.75) is 0 Å². The molecule has 0 fully saturated rings. The average molecular weight is 210 g/mol. The Labute approximate surface area is 90.4 Å². The molecular formula is C12H6N2S. The molecule has 0 spiro atoms. The summed E-state index contributed by atoms with van der Waals surface area (Å²) in [7, 11) is 0. The molecule has 0 unspecified atom stereocenters. The van der Waals surface area contributed by atoms with E-state index >= 15 is 0 Å². The first kappa shape index (κ1) is 8.39. The standard InChI is InChI=1S/C12H6N2S/c13-6-8-1-2-9-10-3-4-14-7-12(10)15-11(9)5-8/h1-5,7H. The smallest absolute Gasteiger partial charge is 0.0992 e. The van der Waals surface area contributed by atoms with Crippen molar-refractivity contribution >= 4 is 31.5 Å². The highest BCUT2D eigenvalue weighted by atomic mass is 32.1. The monoisotopic (exact) mass is 210 g/mol. The van der Waals surface area contributed by atoms with Gasteiger partial charge in [-0.1, -0.05) is 6.07 Å². The molecule has 0 amide bonds. The SMILES string of the molecule is N#Cc1ccc2c(c1)sc1cnccc12. The van der Waals surface area contributed by atoms with Crippen molar-refractivity contribution in [3.05, 3.63) is 42.2 Å². The van der Waals surface area contributed by atoms with Crippen molar-refractivity contribution in [2.24, 2.45) is 0 Å². The predicted octanol–water partition coefficient (Wildman–Crippen LogP) is 3.32. The summed E-state index contributed by atoms with van der Waals surface area (Å²) < 4.78 is 2.32. The first-order chi connectivity index (χ1) is 7.38. The van der Waals surface area contributed by atoms with Gasteiger partial charge in [-0.15, -0.1) is 11.3 Å². The van der Waals surface area contributed by atoms with Crippen molar-refractivity contribution in [3.8, 4) is 6.07 Å². The summed E-state index contributed by atoms with van der Waals surface area (Å²) in [6, 6.07) is 9.96. The van der Waals surface area contributed by atoms with Crippen LogP contribution in [0.4, 0.5) is 0 Å². The van der Waals surface area contributed by atoms with Crippen molar-refractivity contribution in [3.63, 3.8) is 0 Å². The summed E-state index contributed by atoms with van der Waals surface area (Å²) in [5, 5.41) is 11.2. The van der Waals surface area contributed by atoms with Crippen molar-refractivity contribution < 1.29 is 0 Å². The van der Waals surface area contributed by atoms with Gasteiger partial charge in [0.15, 0.2) is 0 Å². The van der Waals surface area contributed by atoms with Crippen molar-refractivity contribution in [2.75, 3.05) is 0 Å². The van der Waals surface area contributed by atoms with Gasteiger partial charge in [0.25, 0.3) is 0 Å². The second-order valence-corrected chi connectivity index (χ2v) is 4.38. The van der Waals surface area contributed by atoms with Crippen LogP contribution in [0.1, 0.15) is 5.56 Å². The number of rotatable bonds is 0. The molecule has 2 aromatic heterocycles. The van der Waals surface area contributed by atoms with Crippen LogP contribution in [0.25, 0.3) is 20.2 Å². The minimum atomic E-state index is 0.710. The Morgan fingerprint density at radius 1 is 1.13 bits per heavy atom. The van der Waals surface area contributed by atoms with E-state index in [4.69, 9.17) is 5.26 Å². The quantitative estimate of drug-likeness (QED) is 0.570. The van der Waals surface area contributed by atoms with E-state index in [1.165, 1.54) is 15.5 Å². The van der Waals surface area contributed by atoms with Gasteiger partial charge in [0.05, 0.1) is 16.3 Å². The zero-order chi connectivity index (χ0) is 10.3. The molecule has 1 aromatic carbocycles. The number of pyridine rings is 1. The van der Waals surface area contributed by atoms with Gasteiger partial charge in [0, 0.05) is 27.9 Å². The Balaban J connectivity index is 2.50. The second-order valence-electron chi connectivity index (χ2n) is 3.30. The van der Waals surface area contributed by atoms with Crippen LogP contribution in [0.5, 0.6) is 0 Å². The fraction of sp³-hybridized carbons (Fsp3) is 0. The molecule has 0 aliphatic carbocycles. The van der Waals surface area contributed by atoms with Crippen LogP contribution < -0.4 is 0 Å². The van der Waals surface area contributed by atoms with Gasteiger partial charge in [-0.2, -0.15) is 5.26 Å². The highest BCUT2D eigenvalue weighted by Gasteiger charge is 2.04. The zero-order valence-electron chi connectivity index (χ0n) is 7.77. The number of aromatic nitrogens is 1. The molecule has 0 saturated carbocycles. The second kappa shape index (κ2) is 3.04. The third kappa shape index (κ3) is 1.19. The summed E-state index contributed by atoms with van der Waals surface area (Å²) >= 11 is 1.68. The van der Waals surface area contributed by atoms with E-state index in [0.29, 0.717) is 5.56 Å².